The van der Waals surface area contributed by atoms with Crippen molar-refractivity contribution >= 4 is 5.97 Å². The number of hydrogen-bond donors (Lipinski definition) is 3. The van der Waals surface area contributed by atoms with Gasteiger partial charge in [0.1, 0.15) is 0 Å². The summed E-state index contributed by atoms with van der Waals surface area (Å²) in [5, 5.41) is 21.2. The maximum absolute atomic E-state index is 10.4. The number of aliphatic hydroxyl groups excluding tert-OH is 1. The number of aliphatic hydroxyl groups is 1. The van der Waals surface area contributed by atoms with E-state index < -0.39 is 12.1 Å². The molecule has 1 rings (SSSR count). The molecule has 0 spiro atoms. The molecule has 2 unspecified atom stereocenters. The zero-order chi connectivity index (χ0) is 12.2. The third-order valence-electron chi connectivity index (χ3n) is 3.26. The SMILES string of the molecule is CC1(C)CCCC(NCC(O)CC(=O)O)C1. The standard InChI is InChI=1S/C12H23NO3/c1-12(2)5-3-4-9(7-12)13-8-10(14)6-11(15)16/h9-10,13-14H,3-8H2,1-2H3,(H,15,16). The van der Waals surface area contributed by atoms with Gasteiger partial charge in [-0.1, -0.05) is 20.3 Å². The van der Waals surface area contributed by atoms with Crippen molar-refractivity contribution in [2.75, 3.05) is 6.54 Å². The Bertz CT molecular complexity index is 240. The fourth-order valence-corrected chi connectivity index (χ4v) is 2.45. The number of carbonyl (C=O) groups is 1. The zero-order valence-corrected chi connectivity index (χ0v) is 10.2. The maximum Gasteiger partial charge on any atom is 0.306 e. The highest BCUT2D eigenvalue weighted by atomic mass is 16.4. The van der Waals surface area contributed by atoms with Gasteiger partial charge in [0.05, 0.1) is 12.5 Å². The van der Waals surface area contributed by atoms with E-state index in [-0.39, 0.29) is 6.42 Å². The molecule has 94 valence electrons. The van der Waals surface area contributed by atoms with Crippen LogP contribution in [0.5, 0.6) is 0 Å². The topological polar surface area (TPSA) is 69.6 Å². The van der Waals surface area contributed by atoms with Gasteiger partial charge < -0.3 is 15.5 Å². The molecule has 0 aliphatic heterocycles. The smallest absolute Gasteiger partial charge is 0.306 e. The third-order valence-corrected chi connectivity index (χ3v) is 3.26. The van der Waals surface area contributed by atoms with Gasteiger partial charge in [0, 0.05) is 12.6 Å². The highest BCUT2D eigenvalue weighted by Crippen LogP contribution is 2.34. The van der Waals surface area contributed by atoms with Crippen LogP contribution in [0.2, 0.25) is 0 Å². The number of nitrogens with one attached hydrogen (secondary N) is 1. The number of aliphatic carboxylic acids is 1. The quantitative estimate of drug-likeness (QED) is 0.666. The van der Waals surface area contributed by atoms with Crippen molar-refractivity contribution < 1.29 is 15.0 Å². The van der Waals surface area contributed by atoms with Crippen LogP contribution in [-0.2, 0) is 4.79 Å². The average molecular weight is 229 g/mol. The van der Waals surface area contributed by atoms with Crippen molar-refractivity contribution in [3.8, 4) is 0 Å². The summed E-state index contributed by atoms with van der Waals surface area (Å²) < 4.78 is 0. The lowest BCUT2D eigenvalue weighted by atomic mass is 9.75. The van der Waals surface area contributed by atoms with E-state index in [9.17, 15) is 9.90 Å². The molecule has 2 atom stereocenters. The van der Waals surface area contributed by atoms with Crippen LogP contribution < -0.4 is 5.32 Å². The Kier molecular flexibility index (Phi) is 4.74. The lowest BCUT2D eigenvalue weighted by Crippen LogP contribution is -2.41. The van der Waals surface area contributed by atoms with Gasteiger partial charge in [0.25, 0.3) is 0 Å². The van der Waals surface area contributed by atoms with E-state index >= 15 is 0 Å². The molecule has 3 N–H and O–H groups in total. The Labute approximate surface area is 97.0 Å². The van der Waals surface area contributed by atoms with Gasteiger partial charge in [-0.25, -0.2) is 0 Å². The Morgan fingerprint density at radius 3 is 2.81 bits per heavy atom. The molecule has 0 radical (unpaired) electrons. The second kappa shape index (κ2) is 5.64. The van der Waals surface area contributed by atoms with E-state index in [1.165, 1.54) is 12.8 Å². The first kappa shape index (κ1) is 13.5. The van der Waals surface area contributed by atoms with Crippen molar-refractivity contribution in [1.29, 1.82) is 0 Å². The van der Waals surface area contributed by atoms with Gasteiger partial charge >= 0.3 is 5.97 Å². The monoisotopic (exact) mass is 229 g/mol. The van der Waals surface area contributed by atoms with Crippen LogP contribution >= 0.6 is 0 Å². The highest BCUT2D eigenvalue weighted by Gasteiger charge is 2.27. The van der Waals surface area contributed by atoms with Crippen molar-refractivity contribution in [2.45, 2.75) is 58.1 Å². The van der Waals surface area contributed by atoms with Crippen LogP contribution in [0.25, 0.3) is 0 Å². The van der Waals surface area contributed by atoms with Gasteiger partial charge in [-0.2, -0.15) is 0 Å². The lowest BCUT2D eigenvalue weighted by molar-refractivity contribution is -0.139. The molecule has 1 aliphatic carbocycles. The third kappa shape index (κ3) is 4.94. The summed E-state index contributed by atoms with van der Waals surface area (Å²) in [5.74, 6) is -0.946. The van der Waals surface area contributed by atoms with Crippen molar-refractivity contribution in [3.05, 3.63) is 0 Å². The fraction of sp³-hybridized carbons (Fsp3) is 0.917. The minimum absolute atomic E-state index is 0.177. The van der Waals surface area contributed by atoms with Gasteiger partial charge in [-0.05, 0) is 24.7 Å². The number of carboxylic acids is 1. The molecule has 0 amide bonds. The van der Waals surface area contributed by atoms with Crippen LogP contribution in [0.15, 0.2) is 0 Å². The number of rotatable bonds is 5. The Morgan fingerprint density at radius 1 is 1.56 bits per heavy atom. The summed E-state index contributed by atoms with van der Waals surface area (Å²) in [6, 6.07) is 0.423. The summed E-state index contributed by atoms with van der Waals surface area (Å²) >= 11 is 0. The highest BCUT2D eigenvalue weighted by molar-refractivity contribution is 5.67. The summed E-state index contributed by atoms with van der Waals surface area (Å²) in [6.45, 7) is 4.90. The predicted octanol–water partition coefficient (Wildman–Crippen LogP) is 1.38. The second-order valence-electron chi connectivity index (χ2n) is 5.62. The minimum atomic E-state index is -0.946. The predicted molar refractivity (Wildman–Crippen MR) is 62.3 cm³/mol. The van der Waals surface area contributed by atoms with Gasteiger partial charge in [0.2, 0.25) is 0 Å². The molecule has 16 heavy (non-hydrogen) atoms. The molecule has 0 saturated heterocycles. The van der Waals surface area contributed by atoms with Crippen molar-refractivity contribution in [3.63, 3.8) is 0 Å². The molecule has 1 fully saturated rings. The average Bonchev–Trinajstić information content (AvgIpc) is 2.12. The molecule has 0 aromatic rings. The van der Waals surface area contributed by atoms with Crippen LogP contribution in [0.1, 0.15) is 46.0 Å². The Hall–Kier alpha value is -0.610. The molecule has 1 saturated carbocycles. The van der Waals surface area contributed by atoms with Crippen LogP contribution in [-0.4, -0.2) is 34.9 Å². The molecule has 0 bridgehead atoms. The molecule has 4 heteroatoms. The maximum atomic E-state index is 10.4. The summed E-state index contributed by atoms with van der Waals surface area (Å²) in [5.41, 5.74) is 0.369. The first-order valence-corrected chi connectivity index (χ1v) is 6.02. The zero-order valence-electron chi connectivity index (χ0n) is 10.2. The summed E-state index contributed by atoms with van der Waals surface area (Å²) in [7, 11) is 0. The van der Waals surface area contributed by atoms with E-state index in [2.05, 4.69) is 19.2 Å². The van der Waals surface area contributed by atoms with E-state index in [4.69, 9.17) is 5.11 Å². The van der Waals surface area contributed by atoms with Gasteiger partial charge in [-0.3, -0.25) is 4.79 Å². The molecule has 4 nitrogen and oxygen atoms in total. The lowest BCUT2D eigenvalue weighted by Gasteiger charge is -2.36. The molecular formula is C12H23NO3. The largest absolute Gasteiger partial charge is 0.481 e. The fourth-order valence-electron chi connectivity index (χ4n) is 2.45. The van der Waals surface area contributed by atoms with E-state index in [1.807, 2.05) is 0 Å². The van der Waals surface area contributed by atoms with Crippen molar-refractivity contribution in [1.82, 2.24) is 5.32 Å². The van der Waals surface area contributed by atoms with Crippen LogP contribution in [0.3, 0.4) is 0 Å². The molecule has 0 heterocycles. The van der Waals surface area contributed by atoms with E-state index in [0.29, 0.717) is 18.0 Å². The van der Waals surface area contributed by atoms with E-state index in [1.54, 1.807) is 0 Å². The number of carboxylic acid groups (broad SMARTS) is 1. The molecular weight excluding hydrogens is 206 g/mol. The Morgan fingerprint density at radius 2 is 2.25 bits per heavy atom. The van der Waals surface area contributed by atoms with Gasteiger partial charge in [-0.15, -0.1) is 0 Å². The summed E-state index contributed by atoms with van der Waals surface area (Å²) in [4.78, 5) is 10.4. The van der Waals surface area contributed by atoms with Crippen LogP contribution in [0.4, 0.5) is 0 Å². The van der Waals surface area contributed by atoms with Crippen LogP contribution in [0, 0.1) is 5.41 Å². The van der Waals surface area contributed by atoms with E-state index in [0.717, 1.165) is 12.8 Å². The molecule has 0 aromatic carbocycles. The Balaban J connectivity index is 2.24. The number of hydrogen-bond acceptors (Lipinski definition) is 3. The molecule has 1 aliphatic rings. The molecule has 0 aromatic heterocycles. The second-order valence-corrected chi connectivity index (χ2v) is 5.62. The normalized spacial score (nSPS) is 26.3. The minimum Gasteiger partial charge on any atom is -0.481 e. The van der Waals surface area contributed by atoms with Crippen molar-refractivity contribution in [2.24, 2.45) is 5.41 Å². The van der Waals surface area contributed by atoms with Gasteiger partial charge in [0.15, 0.2) is 0 Å². The first-order chi connectivity index (χ1) is 7.39. The first-order valence-electron chi connectivity index (χ1n) is 6.02. The summed E-state index contributed by atoms with van der Waals surface area (Å²) in [6.07, 6.45) is 3.74.